The molecular weight excluding hydrogens is 448 g/mol. The van der Waals surface area contributed by atoms with Crippen LogP contribution in [0.1, 0.15) is 11.3 Å². The van der Waals surface area contributed by atoms with Gasteiger partial charge in [0, 0.05) is 33.2 Å². The molecule has 2 heteroatoms. The van der Waals surface area contributed by atoms with Crippen LogP contribution in [0.2, 0.25) is 0 Å². The molecule has 0 N–H and O–H groups in total. The molecule has 5 aromatic carbocycles. The van der Waals surface area contributed by atoms with Crippen molar-refractivity contribution >= 4 is 38.8 Å². The van der Waals surface area contributed by atoms with E-state index in [1.165, 1.54) is 49.4 Å². The van der Waals surface area contributed by atoms with Gasteiger partial charge in [-0.25, -0.2) is 0 Å². The lowest BCUT2D eigenvalue weighted by atomic mass is 10.0. The summed E-state index contributed by atoms with van der Waals surface area (Å²) in [6.45, 7) is 6.30. The predicted octanol–water partition coefficient (Wildman–Crippen LogP) is 9.35. The molecule has 7 aromatic rings. The van der Waals surface area contributed by atoms with Crippen molar-refractivity contribution in [1.82, 2.24) is 9.13 Å². The average Bonchev–Trinajstić information content (AvgIpc) is 3.45. The Hall–Kier alpha value is -4.82. The number of hydrogen-bond acceptors (Lipinski definition) is 0. The second-order valence-electron chi connectivity index (χ2n) is 9.54. The Bertz CT molecular complexity index is 1910. The van der Waals surface area contributed by atoms with Crippen LogP contribution in [0.25, 0.3) is 61.3 Å². The van der Waals surface area contributed by atoms with Gasteiger partial charge < -0.3 is 9.13 Å². The molecule has 0 saturated carbocycles. The molecule has 0 atom stereocenters. The van der Waals surface area contributed by atoms with Crippen molar-refractivity contribution in [2.45, 2.75) is 6.92 Å². The summed E-state index contributed by atoms with van der Waals surface area (Å²) in [5.74, 6) is 0. The standard InChI is InChI=1S/C35H26N2/c1-3-32-24(2)29-16-4-7-19-33(29)36(32)27-14-10-12-25(22-27)26-13-11-15-28(23-26)37-34-20-8-5-17-30(34)31-18-6-9-21-35(31)37/h3-23H,1H2,2H3. The first-order valence-electron chi connectivity index (χ1n) is 12.7. The molecule has 0 saturated heterocycles. The second kappa shape index (κ2) is 8.39. The second-order valence-corrected chi connectivity index (χ2v) is 9.54. The zero-order chi connectivity index (χ0) is 24.9. The van der Waals surface area contributed by atoms with E-state index in [0.717, 1.165) is 17.1 Å². The van der Waals surface area contributed by atoms with Crippen LogP contribution in [0.4, 0.5) is 0 Å². The molecule has 0 aliphatic rings. The van der Waals surface area contributed by atoms with E-state index in [2.05, 4.69) is 144 Å². The van der Waals surface area contributed by atoms with E-state index in [0.29, 0.717) is 0 Å². The van der Waals surface area contributed by atoms with Gasteiger partial charge in [0.25, 0.3) is 0 Å². The Balaban J connectivity index is 1.41. The number of hydrogen-bond donors (Lipinski definition) is 0. The van der Waals surface area contributed by atoms with Gasteiger partial charge in [-0.15, -0.1) is 0 Å². The van der Waals surface area contributed by atoms with Crippen LogP contribution >= 0.6 is 0 Å². The Labute approximate surface area is 216 Å². The van der Waals surface area contributed by atoms with E-state index in [-0.39, 0.29) is 0 Å². The summed E-state index contributed by atoms with van der Waals surface area (Å²) in [4.78, 5) is 0. The van der Waals surface area contributed by atoms with Crippen molar-refractivity contribution < 1.29 is 0 Å². The molecule has 176 valence electrons. The van der Waals surface area contributed by atoms with Gasteiger partial charge in [-0.1, -0.05) is 85.4 Å². The summed E-state index contributed by atoms with van der Waals surface area (Å²) in [5.41, 5.74) is 10.7. The first kappa shape index (κ1) is 21.5. The number of benzene rings is 5. The van der Waals surface area contributed by atoms with Crippen LogP contribution in [0.15, 0.2) is 128 Å². The molecule has 0 aliphatic carbocycles. The highest BCUT2D eigenvalue weighted by atomic mass is 15.0. The molecule has 0 radical (unpaired) electrons. The third kappa shape index (κ3) is 3.26. The van der Waals surface area contributed by atoms with Crippen molar-refractivity contribution in [2.24, 2.45) is 0 Å². The number of fused-ring (bicyclic) bond motifs is 4. The van der Waals surface area contributed by atoms with Crippen LogP contribution in [-0.4, -0.2) is 9.13 Å². The minimum absolute atomic E-state index is 1.14. The summed E-state index contributed by atoms with van der Waals surface area (Å²) in [5, 5.41) is 3.81. The predicted molar refractivity (Wildman–Crippen MR) is 158 cm³/mol. The van der Waals surface area contributed by atoms with Crippen molar-refractivity contribution in [3.05, 3.63) is 139 Å². The third-order valence-electron chi connectivity index (χ3n) is 7.49. The lowest BCUT2D eigenvalue weighted by Crippen LogP contribution is -1.97. The Morgan fingerprint density at radius 1 is 0.514 bits per heavy atom. The van der Waals surface area contributed by atoms with E-state index < -0.39 is 0 Å². The molecule has 2 heterocycles. The molecule has 0 amide bonds. The molecule has 0 spiro atoms. The van der Waals surface area contributed by atoms with Gasteiger partial charge in [-0.05, 0) is 72.2 Å². The van der Waals surface area contributed by atoms with Gasteiger partial charge in [-0.2, -0.15) is 0 Å². The van der Waals surface area contributed by atoms with Gasteiger partial charge in [0.15, 0.2) is 0 Å². The molecule has 0 bridgehead atoms. The zero-order valence-electron chi connectivity index (χ0n) is 20.7. The maximum atomic E-state index is 4.12. The highest BCUT2D eigenvalue weighted by Crippen LogP contribution is 2.34. The van der Waals surface area contributed by atoms with Gasteiger partial charge in [0.1, 0.15) is 0 Å². The number of aromatic nitrogens is 2. The number of aryl methyl sites for hydroxylation is 1. The van der Waals surface area contributed by atoms with E-state index >= 15 is 0 Å². The van der Waals surface area contributed by atoms with Gasteiger partial charge >= 0.3 is 0 Å². The fraction of sp³-hybridized carbons (Fsp3) is 0.0286. The maximum absolute atomic E-state index is 4.12. The SMILES string of the molecule is C=Cc1c(C)c2ccccc2n1-c1cccc(-c2cccc(-n3c4ccccc4c4ccccc43)c2)c1. The van der Waals surface area contributed by atoms with Crippen molar-refractivity contribution in [1.29, 1.82) is 0 Å². The van der Waals surface area contributed by atoms with Gasteiger partial charge in [0.2, 0.25) is 0 Å². The van der Waals surface area contributed by atoms with E-state index in [1.54, 1.807) is 0 Å². The first-order valence-corrected chi connectivity index (χ1v) is 12.7. The monoisotopic (exact) mass is 474 g/mol. The van der Waals surface area contributed by atoms with E-state index in [9.17, 15) is 0 Å². The highest BCUT2D eigenvalue weighted by Gasteiger charge is 2.15. The Morgan fingerprint density at radius 3 is 1.51 bits per heavy atom. The summed E-state index contributed by atoms with van der Waals surface area (Å²) < 4.78 is 4.69. The smallest absolute Gasteiger partial charge is 0.0541 e. The zero-order valence-corrected chi connectivity index (χ0v) is 20.7. The Kier molecular flexibility index (Phi) is 4.87. The molecule has 2 nitrogen and oxygen atoms in total. The molecule has 0 unspecified atom stereocenters. The number of rotatable bonds is 4. The number of nitrogens with zero attached hydrogens (tertiary/aromatic N) is 2. The van der Waals surface area contributed by atoms with Crippen LogP contribution < -0.4 is 0 Å². The molecule has 2 aromatic heterocycles. The largest absolute Gasteiger partial charge is 0.310 e. The minimum atomic E-state index is 1.14. The van der Waals surface area contributed by atoms with Crippen molar-refractivity contribution in [3.8, 4) is 22.5 Å². The normalized spacial score (nSPS) is 11.5. The van der Waals surface area contributed by atoms with Crippen LogP contribution in [0.3, 0.4) is 0 Å². The third-order valence-corrected chi connectivity index (χ3v) is 7.49. The molecular formula is C35H26N2. The molecule has 7 rings (SSSR count). The van der Waals surface area contributed by atoms with Crippen LogP contribution in [0.5, 0.6) is 0 Å². The van der Waals surface area contributed by atoms with Crippen molar-refractivity contribution in [2.75, 3.05) is 0 Å². The van der Waals surface area contributed by atoms with Crippen LogP contribution in [-0.2, 0) is 0 Å². The quantitative estimate of drug-likeness (QED) is 0.240. The van der Waals surface area contributed by atoms with Crippen LogP contribution in [0, 0.1) is 6.92 Å². The fourth-order valence-electron chi connectivity index (χ4n) is 5.79. The lowest BCUT2D eigenvalue weighted by Gasteiger charge is -2.13. The Morgan fingerprint density at radius 2 is 0.973 bits per heavy atom. The molecule has 0 aliphatic heterocycles. The lowest BCUT2D eigenvalue weighted by molar-refractivity contribution is 1.10. The van der Waals surface area contributed by atoms with Gasteiger partial charge in [-0.3, -0.25) is 0 Å². The summed E-state index contributed by atoms with van der Waals surface area (Å²) in [6.07, 6.45) is 1.96. The van der Waals surface area contributed by atoms with Gasteiger partial charge in [0.05, 0.1) is 16.6 Å². The summed E-state index contributed by atoms with van der Waals surface area (Å²) >= 11 is 0. The first-order chi connectivity index (χ1) is 18.2. The highest BCUT2D eigenvalue weighted by molar-refractivity contribution is 6.09. The van der Waals surface area contributed by atoms with Crippen molar-refractivity contribution in [3.63, 3.8) is 0 Å². The van der Waals surface area contributed by atoms with E-state index in [1.807, 2.05) is 6.08 Å². The topological polar surface area (TPSA) is 9.86 Å². The summed E-state index contributed by atoms with van der Waals surface area (Å²) in [6, 6.07) is 43.5. The fourth-order valence-corrected chi connectivity index (χ4v) is 5.79. The molecule has 37 heavy (non-hydrogen) atoms. The van der Waals surface area contributed by atoms with E-state index in [4.69, 9.17) is 0 Å². The average molecular weight is 475 g/mol. The minimum Gasteiger partial charge on any atom is -0.310 e. The maximum Gasteiger partial charge on any atom is 0.0541 e. The molecule has 0 fully saturated rings. The summed E-state index contributed by atoms with van der Waals surface area (Å²) in [7, 11) is 0. The number of para-hydroxylation sites is 3.